The summed E-state index contributed by atoms with van der Waals surface area (Å²) in [7, 11) is -3.51. The van der Waals surface area contributed by atoms with Crippen molar-refractivity contribution in [3.05, 3.63) is 58.1 Å². The summed E-state index contributed by atoms with van der Waals surface area (Å²) in [6.07, 6.45) is 1.48. The third kappa shape index (κ3) is 5.83. The van der Waals surface area contributed by atoms with Crippen LogP contribution in [0.2, 0.25) is 10.0 Å². The molecule has 0 aliphatic carbocycles. The van der Waals surface area contributed by atoms with Gasteiger partial charge in [-0.15, -0.1) is 0 Å². The maximum absolute atomic E-state index is 12.7. The van der Waals surface area contributed by atoms with Gasteiger partial charge < -0.3 is 5.32 Å². The van der Waals surface area contributed by atoms with E-state index in [-0.39, 0.29) is 16.7 Å². The van der Waals surface area contributed by atoms with Crippen LogP contribution in [0.15, 0.2) is 47.4 Å². The standard InChI is InChI=1S/C23H29Cl2N3O3S/c1-3-28(4-2)32(30,31)19-10-8-18(9-11-19)26-23(29)17-12-14-27(15-13-17)16-20-21(24)6-5-7-22(20)25/h5-11,17H,3-4,12-16H2,1-2H3,(H,26,29). The highest BCUT2D eigenvalue weighted by molar-refractivity contribution is 7.89. The van der Waals surface area contributed by atoms with Crippen LogP contribution in [0.3, 0.4) is 0 Å². The quantitative estimate of drug-likeness (QED) is 0.564. The summed E-state index contributed by atoms with van der Waals surface area (Å²) in [4.78, 5) is 15.2. The van der Waals surface area contributed by atoms with E-state index in [2.05, 4.69) is 10.2 Å². The average Bonchev–Trinajstić information content (AvgIpc) is 2.78. The summed E-state index contributed by atoms with van der Waals surface area (Å²) in [5, 5.41) is 4.23. The fourth-order valence-corrected chi connectivity index (χ4v) is 5.90. The number of halogens is 2. The third-order valence-corrected chi connectivity index (χ3v) is 8.64. The maximum atomic E-state index is 12.7. The molecule has 1 saturated heterocycles. The Labute approximate surface area is 200 Å². The molecule has 1 aliphatic rings. The van der Waals surface area contributed by atoms with Gasteiger partial charge in [0.05, 0.1) is 4.90 Å². The normalized spacial score (nSPS) is 15.8. The highest BCUT2D eigenvalue weighted by Gasteiger charge is 2.26. The number of rotatable bonds is 8. The maximum Gasteiger partial charge on any atom is 0.243 e. The van der Waals surface area contributed by atoms with Crippen molar-refractivity contribution in [2.75, 3.05) is 31.5 Å². The Morgan fingerprint density at radius 2 is 1.59 bits per heavy atom. The second-order valence-electron chi connectivity index (χ2n) is 7.85. The molecule has 174 valence electrons. The van der Waals surface area contributed by atoms with Crippen molar-refractivity contribution >= 4 is 44.8 Å². The number of nitrogens with zero attached hydrogens (tertiary/aromatic N) is 2. The Balaban J connectivity index is 1.55. The third-order valence-electron chi connectivity index (χ3n) is 5.87. The summed E-state index contributed by atoms with van der Waals surface area (Å²) in [6.45, 7) is 6.67. The van der Waals surface area contributed by atoms with Crippen molar-refractivity contribution in [2.45, 2.75) is 38.1 Å². The number of hydrogen-bond acceptors (Lipinski definition) is 4. The summed E-state index contributed by atoms with van der Waals surface area (Å²) in [6, 6.07) is 11.9. The highest BCUT2D eigenvalue weighted by atomic mass is 35.5. The van der Waals surface area contributed by atoms with Gasteiger partial charge in [0.25, 0.3) is 0 Å². The van der Waals surface area contributed by atoms with E-state index in [4.69, 9.17) is 23.2 Å². The molecule has 0 atom stereocenters. The first-order valence-corrected chi connectivity index (χ1v) is 13.0. The Hall–Kier alpha value is -1.64. The zero-order valence-corrected chi connectivity index (χ0v) is 20.7. The molecule has 0 spiro atoms. The smallest absolute Gasteiger partial charge is 0.243 e. The van der Waals surface area contributed by atoms with E-state index in [9.17, 15) is 13.2 Å². The molecule has 0 aromatic heterocycles. The fourth-order valence-electron chi connectivity index (χ4n) is 3.93. The minimum atomic E-state index is -3.51. The number of carbonyl (C=O) groups excluding carboxylic acids is 1. The number of carbonyl (C=O) groups is 1. The predicted molar refractivity (Wildman–Crippen MR) is 130 cm³/mol. The van der Waals surface area contributed by atoms with Gasteiger partial charge in [0, 0.05) is 46.8 Å². The number of likely N-dealkylation sites (tertiary alicyclic amines) is 1. The Morgan fingerprint density at radius 3 is 2.12 bits per heavy atom. The largest absolute Gasteiger partial charge is 0.326 e. The molecule has 1 aliphatic heterocycles. The zero-order chi connectivity index (χ0) is 23.3. The molecular weight excluding hydrogens is 469 g/mol. The van der Waals surface area contributed by atoms with Crippen molar-refractivity contribution in [1.82, 2.24) is 9.21 Å². The topological polar surface area (TPSA) is 69.7 Å². The lowest BCUT2D eigenvalue weighted by Crippen LogP contribution is -2.37. The van der Waals surface area contributed by atoms with Crippen LogP contribution in [-0.2, 0) is 21.4 Å². The first-order chi connectivity index (χ1) is 15.3. The predicted octanol–water partition coefficient (Wildman–Crippen LogP) is 4.87. The number of anilines is 1. The lowest BCUT2D eigenvalue weighted by atomic mass is 9.95. The highest BCUT2D eigenvalue weighted by Crippen LogP contribution is 2.28. The van der Waals surface area contributed by atoms with Crippen molar-refractivity contribution in [2.24, 2.45) is 5.92 Å². The molecule has 0 bridgehead atoms. The van der Waals surface area contributed by atoms with Crippen LogP contribution in [0.25, 0.3) is 0 Å². The summed E-state index contributed by atoms with van der Waals surface area (Å²) < 4.78 is 26.6. The molecule has 1 N–H and O–H groups in total. The van der Waals surface area contributed by atoms with Crippen molar-refractivity contribution in [3.8, 4) is 0 Å². The van der Waals surface area contributed by atoms with E-state index in [1.54, 1.807) is 24.3 Å². The van der Waals surface area contributed by atoms with E-state index < -0.39 is 10.0 Å². The molecule has 9 heteroatoms. The molecule has 2 aromatic rings. The minimum Gasteiger partial charge on any atom is -0.326 e. The van der Waals surface area contributed by atoms with Crippen LogP contribution in [-0.4, -0.2) is 49.7 Å². The van der Waals surface area contributed by atoms with Gasteiger partial charge in [0.15, 0.2) is 0 Å². The molecule has 1 amide bonds. The molecule has 0 radical (unpaired) electrons. The number of nitrogens with one attached hydrogen (secondary N) is 1. The first kappa shape index (κ1) is 25.0. The van der Waals surface area contributed by atoms with Crippen LogP contribution < -0.4 is 5.32 Å². The number of sulfonamides is 1. The SMILES string of the molecule is CCN(CC)S(=O)(=O)c1ccc(NC(=O)C2CCN(Cc3c(Cl)cccc3Cl)CC2)cc1. The Morgan fingerprint density at radius 1 is 1.03 bits per heavy atom. The van der Waals surface area contributed by atoms with E-state index in [1.165, 1.54) is 4.31 Å². The van der Waals surface area contributed by atoms with E-state index in [0.717, 1.165) is 31.5 Å². The van der Waals surface area contributed by atoms with Crippen LogP contribution in [0, 0.1) is 5.92 Å². The molecule has 0 unspecified atom stereocenters. The molecule has 0 saturated carbocycles. The first-order valence-electron chi connectivity index (χ1n) is 10.8. The minimum absolute atomic E-state index is 0.0419. The van der Waals surface area contributed by atoms with E-state index >= 15 is 0 Å². The van der Waals surface area contributed by atoms with Crippen molar-refractivity contribution in [1.29, 1.82) is 0 Å². The molecule has 3 rings (SSSR count). The van der Waals surface area contributed by atoms with Gasteiger partial charge in [-0.3, -0.25) is 9.69 Å². The Kier molecular flexibility index (Phi) is 8.58. The van der Waals surface area contributed by atoms with Gasteiger partial charge >= 0.3 is 0 Å². The van der Waals surface area contributed by atoms with Crippen LogP contribution in [0.4, 0.5) is 5.69 Å². The van der Waals surface area contributed by atoms with Crippen molar-refractivity contribution in [3.63, 3.8) is 0 Å². The second kappa shape index (κ2) is 11.0. The van der Waals surface area contributed by atoms with Gasteiger partial charge in [0.2, 0.25) is 15.9 Å². The summed E-state index contributed by atoms with van der Waals surface area (Å²) in [5.74, 6) is -0.133. The molecule has 2 aromatic carbocycles. The van der Waals surface area contributed by atoms with Crippen LogP contribution in [0.5, 0.6) is 0 Å². The lowest BCUT2D eigenvalue weighted by molar-refractivity contribution is -0.121. The van der Waals surface area contributed by atoms with Gasteiger partial charge in [0.1, 0.15) is 0 Å². The van der Waals surface area contributed by atoms with Gasteiger partial charge in [-0.05, 0) is 62.3 Å². The average molecular weight is 498 g/mol. The lowest BCUT2D eigenvalue weighted by Gasteiger charge is -2.31. The van der Waals surface area contributed by atoms with E-state index in [1.807, 2.05) is 32.0 Å². The van der Waals surface area contributed by atoms with Crippen molar-refractivity contribution < 1.29 is 13.2 Å². The van der Waals surface area contributed by atoms with E-state index in [0.29, 0.717) is 35.4 Å². The number of benzene rings is 2. The molecule has 6 nitrogen and oxygen atoms in total. The Bertz CT molecular complexity index is 1010. The fraction of sp³-hybridized carbons (Fsp3) is 0.435. The number of piperidine rings is 1. The molecule has 1 fully saturated rings. The summed E-state index contributed by atoms with van der Waals surface area (Å²) in [5.41, 5.74) is 1.51. The second-order valence-corrected chi connectivity index (χ2v) is 10.6. The van der Waals surface area contributed by atoms with Gasteiger partial charge in [-0.1, -0.05) is 43.1 Å². The zero-order valence-electron chi connectivity index (χ0n) is 18.4. The summed E-state index contributed by atoms with van der Waals surface area (Å²) >= 11 is 12.6. The van der Waals surface area contributed by atoms with Gasteiger partial charge in [-0.2, -0.15) is 4.31 Å². The van der Waals surface area contributed by atoms with Crippen LogP contribution in [0.1, 0.15) is 32.3 Å². The van der Waals surface area contributed by atoms with Gasteiger partial charge in [-0.25, -0.2) is 8.42 Å². The number of hydrogen-bond donors (Lipinski definition) is 1. The number of amides is 1. The molecular formula is C23H29Cl2N3O3S. The monoisotopic (exact) mass is 497 g/mol. The van der Waals surface area contributed by atoms with Crippen LogP contribution >= 0.6 is 23.2 Å². The molecule has 1 heterocycles. The molecule has 32 heavy (non-hydrogen) atoms.